The molecule has 1 aromatic carbocycles. The average Bonchev–Trinajstić information content (AvgIpc) is 3.40. The van der Waals surface area contributed by atoms with Gasteiger partial charge in [0.25, 0.3) is 5.91 Å². The second-order valence-corrected chi connectivity index (χ2v) is 8.48. The van der Waals surface area contributed by atoms with Gasteiger partial charge in [0.05, 0.1) is 23.9 Å². The van der Waals surface area contributed by atoms with Gasteiger partial charge < -0.3 is 20.5 Å². The van der Waals surface area contributed by atoms with Crippen molar-refractivity contribution in [1.29, 1.82) is 0 Å². The highest BCUT2D eigenvalue weighted by molar-refractivity contribution is 6.30. The van der Waals surface area contributed by atoms with Crippen LogP contribution >= 0.6 is 11.6 Å². The third-order valence-electron chi connectivity index (χ3n) is 6.46. The molecule has 2 saturated carbocycles. The van der Waals surface area contributed by atoms with Crippen LogP contribution in [-0.2, 0) is 16.0 Å². The van der Waals surface area contributed by atoms with E-state index in [4.69, 9.17) is 26.8 Å². The first kappa shape index (κ1) is 18.8. The maximum Gasteiger partial charge on any atom is 0.257 e. The molecule has 3 unspecified atom stereocenters. The lowest BCUT2D eigenvalue weighted by Crippen LogP contribution is -2.52. The van der Waals surface area contributed by atoms with Gasteiger partial charge in [0.1, 0.15) is 17.2 Å². The summed E-state index contributed by atoms with van der Waals surface area (Å²) in [5.41, 5.74) is 7.80. The second-order valence-electron chi connectivity index (χ2n) is 8.08. The molecule has 2 aromatic rings. The summed E-state index contributed by atoms with van der Waals surface area (Å²) in [6.07, 6.45) is 2.71. The van der Waals surface area contributed by atoms with Crippen LogP contribution in [-0.4, -0.2) is 35.1 Å². The number of hydrogen-bond donors (Lipinski definition) is 3. The number of carbonyl (C=O) groups excluding carboxylic acids is 1. The first-order valence-electron chi connectivity index (χ1n) is 9.80. The minimum Gasteiger partial charge on any atom is -0.383 e. The summed E-state index contributed by atoms with van der Waals surface area (Å²) in [5, 5.41) is 9.95. The van der Waals surface area contributed by atoms with E-state index in [0.29, 0.717) is 41.9 Å². The number of nitrogens with zero attached hydrogens (tertiary/aromatic N) is 1. The fourth-order valence-electron chi connectivity index (χ4n) is 5.10. The number of halogens is 2. The lowest BCUT2D eigenvalue weighted by molar-refractivity contribution is -0.267. The number of amides is 1. The minimum atomic E-state index is -0.494. The topological polar surface area (TPSA) is 102 Å². The van der Waals surface area contributed by atoms with Gasteiger partial charge in [-0.15, -0.1) is 0 Å². The number of carbonyl (C=O) groups is 1. The summed E-state index contributed by atoms with van der Waals surface area (Å²) in [5.74, 6) is 0.00844. The van der Waals surface area contributed by atoms with Gasteiger partial charge in [-0.2, -0.15) is 5.10 Å². The number of anilines is 1. The SMILES string of the molecule is Nc1[nH]nc(C2CC3CC4(OCCO4)C3C2)c1C(=O)NCc1ccc(F)c(Cl)c1. The van der Waals surface area contributed by atoms with Gasteiger partial charge in [0, 0.05) is 24.8 Å². The van der Waals surface area contributed by atoms with E-state index in [1.165, 1.54) is 12.1 Å². The molecule has 7 nitrogen and oxygen atoms in total. The van der Waals surface area contributed by atoms with E-state index in [9.17, 15) is 9.18 Å². The van der Waals surface area contributed by atoms with E-state index < -0.39 is 11.6 Å². The van der Waals surface area contributed by atoms with Gasteiger partial charge in [-0.3, -0.25) is 9.89 Å². The first-order valence-corrected chi connectivity index (χ1v) is 10.2. The quantitative estimate of drug-likeness (QED) is 0.705. The minimum absolute atomic E-state index is 0.0203. The fraction of sp³-hybridized carbons (Fsp3) is 0.500. The predicted octanol–water partition coefficient (Wildman–Crippen LogP) is 2.97. The van der Waals surface area contributed by atoms with E-state index >= 15 is 0 Å². The van der Waals surface area contributed by atoms with Crippen molar-refractivity contribution >= 4 is 23.3 Å². The maximum absolute atomic E-state index is 13.3. The highest BCUT2D eigenvalue weighted by Crippen LogP contribution is 2.61. The molecule has 2 aliphatic carbocycles. The van der Waals surface area contributed by atoms with Gasteiger partial charge in [-0.1, -0.05) is 17.7 Å². The molecule has 0 radical (unpaired) electrons. The third-order valence-corrected chi connectivity index (χ3v) is 6.75. The molecule has 3 aliphatic rings. The Hall–Kier alpha value is -2.16. The van der Waals surface area contributed by atoms with Gasteiger partial charge >= 0.3 is 0 Å². The molecule has 9 heteroatoms. The van der Waals surface area contributed by atoms with E-state index in [2.05, 4.69) is 15.5 Å². The molecule has 5 rings (SSSR count). The van der Waals surface area contributed by atoms with Crippen LogP contribution in [0.3, 0.4) is 0 Å². The number of benzene rings is 1. The molecular weight excluding hydrogens is 399 g/mol. The van der Waals surface area contributed by atoms with Crippen LogP contribution in [0.2, 0.25) is 5.02 Å². The fourth-order valence-corrected chi connectivity index (χ4v) is 5.30. The molecule has 1 spiro atoms. The zero-order chi connectivity index (χ0) is 20.2. The summed E-state index contributed by atoms with van der Waals surface area (Å²) in [6, 6.07) is 4.35. The standard InChI is InChI=1S/C20H22ClFN4O3/c21-14-5-10(1-2-15(14)22)9-24-19(27)16-17(25-26-18(16)23)11-6-12-8-20(13(12)7-11)28-3-4-29-20/h1-2,5,11-13H,3-4,6-9H2,(H,24,27)(H3,23,25,26). The molecule has 3 atom stereocenters. The normalized spacial score (nSPS) is 27.0. The Morgan fingerprint density at radius 2 is 2.17 bits per heavy atom. The highest BCUT2D eigenvalue weighted by Gasteiger charge is 2.62. The number of ether oxygens (including phenoxy) is 2. The number of aromatic amines is 1. The zero-order valence-corrected chi connectivity index (χ0v) is 16.5. The largest absolute Gasteiger partial charge is 0.383 e. The smallest absolute Gasteiger partial charge is 0.257 e. The van der Waals surface area contributed by atoms with Gasteiger partial charge in [-0.25, -0.2) is 4.39 Å². The van der Waals surface area contributed by atoms with Crippen molar-refractivity contribution in [2.24, 2.45) is 11.8 Å². The number of nitrogens with one attached hydrogen (secondary N) is 2. The van der Waals surface area contributed by atoms with Crippen LogP contribution in [0.25, 0.3) is 0 Å². The zero-order valence-electron chi connectivity index (χ0n) is 15.7. The molecule has 1 amide bonds. The van der Waals surface area contributed by atoms with Gasteiger partial charge in [0.15, 0.2) is 5.79 Å². The van der Waals surface area contributed by atoms with E-state index in [0.717, 1.165) is 19.3 Å². The molecule has 1 aromatic heterocycles. The Balaban J connectivity index is 1.30. The molecule has 4 N–H and O–H groups in total. The van der Waals surface area contributed by atoms with E-state index in [-0.39, 0.29) is 29.2 Å². The predicted molar refractivity (Wildman–Crippen MR) is 104 cm³/mol. The summed E-state index contributed by atoms with van der Waals surface area (Å²) >= 11 is 5.81. The van der Waals surface area contributed by atoms with Crippen LogP contribution in [0.1, 0.15) is 46.8 Å². The molecule has 3 fully saturated rings. The van der Waals surface area contributed by atoms with Crippen LogP contribution in [0.5, 0.6) is 0 Å². The van der Waals surface area contributed by atoms with E-state index in [1.54, 1.807) is 6.07 Å². The number of rotatable bonds is 4. The highest BCUT2D eigenvalue weighted by atomic mass is 35.5. The van der Waals surface area contributed by atoms with Crippen molar-refractivity contribution < 1.29 is 18.7 Å². The molecule has 1 aliphatic heterocycles. The summed E-state index contributed by atoms with van der Waals surface area (Å²) in [7, 11) is 0. The third kappa shape index (κ3) is 3.10. The second kappa shape index (κ2) is 6.97. The number of nitrogens with two attached hydrogens (primary N) is 1. The molecule has 29 heavy (non-hydrogen) atoms. The van der Waals surface area contributed by atoms with Crippen molar-refractivity contribution in [2.75, 3.05) is 18.9 Å². The lowest BCUT2D eigenvalue weighted by Gasteiger charge is -2.47. The average molecular weight is 421 g/mol. The Kier molecular flexibility index (Phi) is 4.53. The Morgan fingerprint density at radius 1 is 1.38 bits per heavy atom. The lowest BCUT2D eigenvalue weighted by atomic mass is 9.70. The van der Waals surface area contributed by atoms with Crippen LogP contribution < -0.4 is 11.1 Å². The van der Waals surface area contributed by atoms with Crippen LogP contribution in [0.4, 0.5) is 10.2 Å². The van der Waals surface area contributed by atoms with Gasteiger partial charge in [0.2, 0.25) is 0 Å². The van der Waals surface area contributed by atoms with Crippen molar-refractivity contribution in [3.05, 3.63) is 45.9 Å². The van der Waals surface area contributed by atoms with Crippen molar-refractivity contribution in [2.45, 2.75) is 37.5 Å². The number of aromatic nitrogens is 2. The molecular formula is C20H22ClFN4O3. The number of H-pyrrole nitrogens is 1. The van der Waals surface area contributed by atoms with Crippen LogP contribution in [0, 0.1) is 17.7 Å². The number of nitrogen functional groups attached to an aromatic ring is 1. The summed E-state index contributed by atoms with van der Waals surface area (Å²) < 4.78 is 25.1. The van der Waals surface area contributed by atoms with E-state index in [1.807, 2.05) is 0 Å². The molecule has 0 bridgehead atoms. The number of hydrogen-bond acceptors (Lipinski definition) is 5. The first-order chi connectivity index (χ1) is 14.0. The Morgan fingerprint density at radius 3 is 2.93 bits per heavy atom. The summed E-state index contributed by atoms with van der Waals surface area (Å²) in [6.45, 7) is 1.50. The van der Waals surface area contributed by atoms with Crippen molar-refractivity contribution in [3.63, 3.8) is 0 Å². The van der Waals surface area contributed by atoms with Crippen molar-refractivity contribution in [3.8, 4) is 0 Å². The number of fused-ring (bicyclic) bond motifs is 2. The molecule has 2 heterocycles. The Labute approximate surface area is 172 Å². The molecule has 1 saturated heterocycles. The summed E-state index contributed by atoms with van der Waals surface area (Å²) in [4.78, 5) is 12.9. The van der Waals surface area contributed by atoms with Crippen LogP contribution in [0.15, 0.2) is 18.2 Å². The monoisotopic (exact) mass is 420 g/mol. The molecule has 154 valence electrons. The van der Waals surface area contributed by atoms with Gasteiger partial charge in [-0.05, 0) is 36.5 Å². The Bertz CT molecular complexity index is 959. The van der Waals surface area contributed by atoms with Crippen molar-refractivity contribution in [1.82, 2.24) is 15.5 Å². The maximum atomic E-state index is 13.3.